The lowest BCUT2D eigenvalue weighted by molar-refractivity contribution is -0.132. The van der Waals surface area contributed by atoms with Crippen molar-refractivity contribution >= 4 is 5.91 Å². The summed E-state index contributed by atoms with van der Waals surface area (Å²) in [4.78, 5) is 14.3. The number of aliphatic hydroxyl groups is 1. The van der Waals surface area contributed by atoms with Gasteiger partial charge in [-0.2, -0.15) is 10.2 Å². The van der Waals surface area contributed by atoms with Crippen molar-refractivity contribution < 1.29 is 9.90 Å². The zero-order chi connectivity index (χ0) is 18.1. The predicted molar refractivity (Wildman–Crippen MR) is 89.6 cm³/mol. The molecule has 0 fully saturated rings. The smallest absolute Gasteiger partial charge is 0.244 e. The zero-order valence-corrected chi connectivity index (χ0v) is 14.4. The molecule has 1 aliphatic heterocycles. The van der Waals surface area contributed by atoms with E-state index in [-0.39, 0.29) is 12.5 Å². The number of aryl methyl sites for hydroxylation is 2. The standard InChI is InChI=1S/C16H20N8O2/c1-21-14(3-4-18-21)16(26)13-9-12-10-22(6-2-7-24(12)19-13)15(25)11-23-8-5-17-20-23/h3-5,8-9,16,26H,2,6-7,10-11H2,1H3. The first-order valence-electron chi connectivity index (χ1n) is 8.46. The molecule has 0 aliphatic carbocycles. The number of nitrogens with zero attached hydrogens (tertiary/aromatic N) is 8. The summed E-state index contributed by atoms with van der Waals surface area (Å²) >= 11 is 0. The molecule has 0 radical (unpaired) electrons. The minimum absolute atomic E-state index is 0.0149. The van der Waals surface area contributed by atoms with E-state index in [1.54, 1.807) is 41.3 Å². The highest BCUT2D eigenvalue weighted by Gasteiger charge is 2.24. The minimum atomic E-state index is -0.846. The van der Waals surface area contributed by atoms with E-state index in [1.807, 2.05) is 10.7 Å². The third-order valence-electron chi connectivity index (χ3n) is 4.57. The Morgan fingerprint density at radius 1 is 1.35 bits per heavy atom. The maximum atomic E-state index is 12.5. The van der Waals surface area contributed by atoms with Gasteiger partial charge in [0.05, 0.1) is 29.8 Å². The Labute approximate surface area is 149 Å². The molecule has 1 N–H and O–H groups in total. The fourth-order valence-electron chi connectivity index (χ4n) is 3.19. The zero-order valence-electron chi connectivity index (χ0n) is 14.4. The largest absolute Gasteiger partial charge is 0.380 e. The van der Waals surface area contributed by atoms with Gasteiger partial charge >= 0.3 is 0 Å². The number of aromatic nitrogens is 7. The number of hydrogen-bond acceptors (Lipinski definition) is 6. The van der Waals surface area contributed by atoms with Crippen LogP contribution in [0.15, 0.2) is 30.7 Å². The molecule has 0 saturated carbocycles. The lowest BCUT2D eigenvalue weighted by Gasteiger charge is -2.19. The molecule has 10 heteroatoms. The van der Waals surface area contributed by atoms with E-state index >= 15 is 0 Å². The molecular formula is C16H20N8O2. The number of hydrogen-bond donors (Lipinski definition) is 1. The molecule has 1 amide bonds. The van der Waals surface area contributed by atoms with Gasteiger partial charge < -0.3 is 10.0 Å². The molecule has 10 nitrogen and oxygen atoms in total. The predicted octanol–water partition coefficient (Wildman–Crippen LogP) is -0.278. The van der Waals surface area contributed by atoms with E-state index in [4.69, 9.17) is 0 Å². The summed E-state index contributed by atoms with van der Waals surface area (Å²) in [7, 11) is 1.78. The van der Waals surface area contributed by atoms with E-state index in [0.29, 0.717) is 31.0 Å². The van der Waals surface area contributed by atoms with Crippen molar-refractivity contribution in [3.63, 3.8) is 0 Å². The van der Waals surface area contributed by atoms with Crippen molar-refractivity contribution in [1.29, 1.82) is 0 Å². The Hall–Kier alpha value is -3.01. The summed E-state index contributed by atoms with van der Waals surface area (Å²) in [5, 5.41) is 26.8. The molecule has 3 aromatic heterocycles. The van der Waals surface area contributed by atoms with E-state index in [2.05, 4.69) is 20.5 Å². The summed E-state index contributed by atoms with van der Waals surface area (Å²) in [5.41, 5.74) is 2.15. The van der Waals surface area contributed by atoms with Crippen LogP contribution in [0.25, 0.3) is 0 Å². The van der Waals surface area contributed by atoms with Crippen molar-refractivity contribution in [2.24, 2.45) is 7.05 Å². The molecule has 26 heavy (non-hydrogen) atoms. The lowest BCUT2D eigenvalue weighted by atomic mass is 10.2. The minimum Gasteiger partial charge on any atom is -0.380 e. The maximum Gasteiger partial charge on any atom is 0.244 e. The van der Waals surface area contributed by atoms with Gasteiger partial charge in [0.15, 0.2) is 0 Å². The third-order valence-corrected chi connectivity index (χ3v) is 4.57. The van der Waals surface area contributed by atoms with Crippen LogP contribution in [0.2, 0.25) is 0 Å². The van der Waals surface area contributed by atoms with Gasteiger partial charge in [0, 0.05) is 32.5 Å². The van der Waals surface area contributed by atoms with Crippen LogP contribution >= 0.6 is 0 Å². The molecule has 0 aromatic carbocycles. The quantitative estimate of drug-likeness (QED) is 0.689. The van der Waals surface area contributed by atoms with Gasteiger partial charge in [-0.05, 0) is 18.6 Å². The van der Waals surface area contributed by atoms with Crippen LogP contribution < -0.4 is 0 Å². The molecule has 0 saturated heterocycles. The van der Waals surface area contributed by atoms with Crippen molar-refractivity contribution in [2.45, 2.75) is 32.2 Å². The molecule has 1 unspecified atom stereocenters. The van der Waals surface area contributed by atoms with Crippen molar-refractivity contribution in [3.05, 3.63) is 47.8 Å². The number of carbonyl (C=O) groups excluding carboxylic acids is 1. The number of fused-ring (bicyclic) bond motifs is 1. The molecule has 1 aliphatic rings. The Bertz CT molecular complexity index is 897. The maximum absolute atomic E-state index is 12.5. The van der Waals surface area contributed by atoms with Crippen LogP contribution in [0.1, 0.15) is 29.6 Å². The molecule has 4 rings (SSSR count). The number of carbonyl (C=O) groups is 1. The van der Waals surface area contributed by atoms with Gasteiger partial charge in [-0.3, -0.25) is 14.2 Å². The second kappa shape index (κ2) is 6.71. The first kappa shape index (κ1) is 16.5. The van der Waals surface area contributed by atoms with Crippen molar-refractivity contribution in [1.82, 2.24) is 39.5 Å². The molecule has 3 aromatic rings. The number of rotatable bonds is 4. The summed E-state index contributed by atoms with van der Waals surface area (Å²) < 4.78 is 5.02. The van der Waals surface area contributed by atoms with E-state index in [9.17, 15) is 9.90 Å². The first-order valence-corrected chi connectivity index (χ1v) is 8.46. The van der Waals surface area contributed by atoms with Crippen LogP contribution in [0.5, 0.6) is 0 Å². The average Bonchev–Trinajstić information content (AvgIpc) is 3.34. The highest BCUT2D eigenvalue weighted by atomic mass is 16.3. The average molecular weight is 356 g/mol. The summed E-state index contributed by atoms with van der Waals surface area (Å²) in [5.74, 6) is -0.0149. The third kappa shape index (κ3) is 3.10. The Morgan fingerprint density at radius 3 is 2.96 bits per heavy atom. The highest BCUT2D eigenvalue weighted by molar-refractivity contribution is 5.75. The topological polar surface area (TPSA) is 107 Å². The Balaban J connectivity index is 1.52. The number of aliphatic hydroxyl groups excluding tert-OH is 1. The molecule has 1 atom stereocenters. The van der Waals surface area contributed by atoms with Gasteiger partial charge in [-0.15, -0.1) is 5.10 Å². The van der Waals surface area contributed by atoms with Gasteiger partial charge in [0.1, 0.15) is 12.6 Å². The van der Waals surface area contributed by atoms with Crippen molar-refractivity contribution in [3.8, 4) is 0 Å². The molecule has 4 heterocycles. The second-order valence-electron chi connectivity index (χ2n) is 6.34. The monoisotopic (exact) mass is 356 g/mol. The second-order valence-corrected chi connectivity index (χ2v) is 6.34. The molecule has 0 bridgehead atoms. The summed E-state index contributed by atoms with van der Waals surface area (Å²) in [6, 6.07) is 3.63. The number of amides is 1. The van der Waals surface area contributed by atoms with Crippen LogP contribution in [0.3, 0.4) is 0 Å². The normalized spacial score (nSPS) is 15.5. The van der Waals surface area contributed by atoms with E-state index in [0.717, 1.165) is 12.1 Å². The summed E-state index contributed by atoms with van der Waals surface area (Å²) in [6.07, 6.45) is 4.82. The molecule has 0 spiro atoms. The van der Waals surface area contributed by atoms with Crippen LogP contribution in [0.4, 0.5) is 0 Å². The Kier molecular flexibility index (Phi) is 4.25. The fourth-order valence-corrected chi connectivity index (χ4v) is 3.19. The van der Waals surface area contributed by atoms with Crippen LogP contribution in [0, 0.1) is 0 Å². The van der Waals surface area contributed by atoms with Gasteiger partial charge in [0.2, 0.25) is 5.91 Å². The summed E-state index contributed by atoms with van der Waals surface area (Å²) in [6.45, 7) is 1.99. The highest BCUT2D eigenvalue weighted by Crippen LogP contribution is 2.23. The Morgan fingerprint density at radius 2 is 2.23 bits per heavy atom. The van der Waals surface area contributed by atoms with Gasteiger partial charge in [-0.1, -0.05) is 5.21 Å². The first-order chi connectivity index (χ1) is 12.6. The van der Waals surface area contributed by atoms with Gasteiger partial charge in [-0.25, -0.2) is 4.68 Å². The van der Waals surface area contributed by atoms with Crippen LogP contribution in [-0.4, -0.2) is 57.0 Å². The van der Waals surface area contributed by atoms with Crippen LogP contribution in [-0.2, 0) is 31.5 Å². The SMILES string of the molecule is Cn1nccc1C(O)c1cc2n(n1)CCCN(C(=O)Cn1ccnn1)C2. The fraction of sp³-hybridized carbons (Fsp3) is 0.438. The van der Waals surface area contributed by atoms with E-state index < -0.39 is 6.10 Å². The van der Waals surface area contributed by atoms with Gasteiger partial charge in [0.25, 0.3) is 0 Å². The molecule has 136 valence electrons. The van der Waals surface area contributed by atoms with Crippen molar-refractivity contribution in [2.75, 3.05) is 6.54 Å². The molecular weight excluding hydrogens is 336 g/mol. The van der Waals surface area contributed by atoms with E-state index in [1.165, 1.54) is 4.68 Å². The lowest BCUT2D eigenvalue weighted by Crippen LogP contribution is -2.33.